The maximum atomic E-state index is 14.3. The van der Waals surface area contributed by atoms with Crippen molar-refractivity contribution in [3.8, 4) is 10.6 Å². The van der Waals surface area contributed by atoms with E-state index in [4.69, 9.17) is 9.97 Å². The minimum absolute atomic E-state index is 0.0325. The third kappa shape index (κ3) is 6.85. The quantitative estimate of drug-likeness (QED) is 0.125. The van der Waals surface area contributed by atoms with Gasteiger partial charge in [-0.1, -0.05) is 24.3 Å². The largest absolute Gasteiger partial charge is 0.366 e. The number of halogens is 3. The summed E-state index contributed by atoms with van der Waals surface area (Å²) in [4.78, 5) is 31.7. The first kappa shape index (κ1) is 30.9. The van der Waals surface area contributed by atoms with E-state index in [9.17, 15) is 18.0 Å². The third-order valence-electron chi connectivity index (χ3n) is 8.59. The summed E-state index contributed by atoms with van der Waals surface area (Å²) in [6.07, 6.45) is 6.17. The van der Waals surface area contributed by atoms with Crippen LogP contribution in [-0.2, 0) is 13.1 Å². The van der Waals surface area contributed by atoms with Crippen molar-refractivity contribution >= 4 is 39.4 Å². The standard InChI is InChI=1S/C34H33F3N8OS/c1-18-28(32-44-30-27(47-32)13-14-38-29(30)19-9-10-19)31(45-33(41-18)39-17-23-25(36)7-4-8-26(23)37)42-21-11-12-22(15-21)43-34(46)40-16-20-5-2-3-6-24(20)35/h2-8,13-14,19,21-22H,9-12,15-17H2,1H3,(H2,40,43,46)(H2,39,41,42,45)/t21-,22+/m0/s1. The Bertz CT molecular complexity index is 1930. The molecule has 0 bridgehead atoms. The van der Waals surface area contributed by atoms with Gasteiger partial charge < -0.3 is 21.3 Å². The number of anilines is 2. The molecule has 0 spiro atoms. The lowest BCUT2D eigenvalue weighted by Gasteiger charge is -2.19. The number of urea groups is 1. The predicted molar refractivity (Wildman–Crippen MR) is 176 cm³/mol. The number of thiazole rings is 1. The molecule has 0 aliphatic heterocycles. The fourth-order valence-electron chi connectivity index (χ4n) is 6.01. The first-order valence-electron chi connectivity index (χ1n) is 15.7. The van der Waals surface area contributed by atoms with Crippen LogP contribution in [0.5, 0.6) is 0 Å². The van der Waals surface area contributed by atoms with Crippen LogP contribution in [-0.4, -0.2) is 38.1 Å². The zero-order valence-electron chi connectivity index (χ0n) is 25.6. The minimum atomic E-state index is -0.652. The number of nitrogens with zero attached hydrogens (tertiary/aromatic N) is 4. The summed E-state index contributed by atoms with van der Waals surface area (Å²) in [6, 6.07) is 11.6. The molecule has 2 atom stereocenters. The highest BCUT2D eigenvalue weighted by molar-refractivity contribution is 7.21. The number of nitrogens with one attached hydrogen (secondary N) is 4. The Balaban J connectivity index is 1.11. The first-order chi connectivity index (χ1) is 22.8. The molecule has 13 heteroatoms. The minimum Gasteiger partial charge on any atom is -0.366 e. The molecule has 3 aromatic heterocycles. The second-order valence-electron chi connectivity index (χ2n) is 12.0. The lowest BCUT2D eigenvalue weighted by Crippen LogP contribution is -2.41. The van der Waals surface area contributed by atoms with E-state index in [1.165, 1.54) is 24.3 Å². The van der Waals surface area contributed by atoms with E-state index in [-0.39, 0.29) is 48.5 Å². The van der Waals surface area contributed by atoms with E-state index in [0.717, 1.165) is 52.2 Å². The van der Waals surface area contributed by atoms with Crippen LogP contribution in [0.15, 0.2) is 54.7 Å². The number of aryl methyl sites for hydroxylation is 1. The number of pyridine rings is 1. The molecule has 5 aromatic rings. The van der Waals surface area contributed by atoms with Crippen molar-refractivity contribution in [1.29, 1.82) is 0 Å². The van der Waals surface area contributed by atoms with Crippen molar-refractivity contribution in [2.75, 3.05) is 10.6 Å². The first-order valence-corrected chi connectivity index (χ1v) is 16.5. The Kier molecular flexibility index (Phi) is 8.63. The maximum Gasteiger partial charge on any atom is 0.315 e. The zero-order valence-corrected chi connectivity index (χ0v) is 26.4. The van der Waals surface area contributed by atoms with Gasteiger partial charge in [0.25, 0.3) is 0 Å². The number of rotatable bonds is 10. The van der Waals surface area contributed by atoms with Crippen molar-refractivity contribution in [2.45, 2.75) is 70.1 Å². The smallest absolute Gasteiger partial charge is 0.315 e. The second kappa shape index (κ2) is 13.1. The lowest BCUT2D eigenvalue weighted by molar-refractivity contribution is 0.236. The number of carbonyl (C=O) groups is 1. The molecule has 2 saturated carbocycles. The van der Waals surface area contributed by atoms with Crippen LogP contribution in [0.3, 0.4) is 0 Å². The Morgan fingerprint density at radius 3 is 2.45 bits per heavy atom. The number of carbonyl (C=O) groups excluding carboxylic acids is 1. The van der Waals surface area contributed by atoms with Crippen molar-refractivity contribution < 1.29 is 18.0 Å². The molecule has 0 unspecified atom stereocenters. The fourth-order valence-corrected chi connectivity index (χ4v) is 7.08. The SMILES string of the molecule is Cc1nc(NCc2c(F)cccc2F)nc(N[C@H]2CC[C@@H](NC(=O)NCc3ccccc3F)C2)c1-c1nc2c(C3CC3)nccc2s1. The monoisotopic (exact) mass is 658 g/mol. The summed E-state index contributed by atoms with van der Waals surface area (Å²) in [6.45, 7) is 1.82. The van der Waals surface area contributed by atoms with Crippen molar-refractivity contribution in [3.63, 3.8) is 0 Å². The highest BCUT2D eigenvalue weighted by atomic mass is 32.1. The molecule has 0 saturated heterocycles. The predicted octanol–water partition coefficient (Wildman–Crippen LogP) is 7.20. The van der Waals surface area contributed by atoms with Crippen molar-refractivity contribution in [1.82, 2.24) is 30.6 Å². The highest BCUT2D eigenvalue weighted by Crippen LogP contribution is 2.44. The maximum absolute atomic E-state index is 14.3. The average Bonchev–Trinajstić information content (AvgIpc) is 3.66. The molecule has 47 heavy (non-hydrogen) atoms. The molecule has 2 aliphatic carbocycles. The van der Waals surface area contributed by atoms with Crippen LogP contribution >= 0.6 is 11.3 Å². The molecule has 242 valence electrons. The topological polar surface area (TPSA) is 117 Å². The highest BCUT2D eigenvalue weighted by Gasteiger charge is 2.30. The van der Waals surface area contributed by atoms with Crippen molar-refractivity contribution in [2.24, 2.45) is 0 Å². The molecular formula is C34H33F3N8OS. The Labute approximate surface area is 273 Å². The van der Waals surface area contributed by atoms with Crippen LogP contribution in [0.4, 0.5) is 29.7 Å². The van der Waals surface area contributed by atoms with E-state index in [0.29, 0.717) is 29.4 Å². The van der Waals surface area contributed by atoms with Gasteiger partial charge in [0.1, 0.15) is 33.8 Å². The van der Waals surface area contributed by atoms with Gasteiger partial charge in [0, 0.05) is 48.4 Å². The molecule has 2 amide bonds. The molecular weight excluding hydrogens is 625 g/mol. The number of aromatic nitrogens is 4. The van der Waals surface area contributed by atoms with Gasteiger partial charge in [0.2, 0.25) is 5.95 Å². The number of benzene rings is 2. The van der Waals surface area contributed by atoms with Gasteiger partial charge in [-0.25, -0.2) is 27.9 Å². The zero-order chi connectivity index (χ0) is 32.5. The summed E-state index contributed by atoms with van der Waals surface area (Å²) < 4.78 is 43.7. The summed E-state index contributed by atoms with van der Waals surface area (Å²) >= 11 is 1.55. The normalized spacial score (nSPS) is 17.5. The van der Waals surface area contributed by atoms with Gasteiger partial charge in [-0.05, 0) is 63.3 Å². The number of amides is 2. The second-order valence-corrected chi connectivity index (χ2v) is 13.0. The summed E-state index contributed by atoms with van der Waals surface area (Å²) in [5, 5.41) is 13.0. The van der Waals surface area contributed by atoms with Gasteiger partial charge in [-0.2, -0.15) is 4.98 Å². The summed E-state index contributed by atoms with van der Waals surface area (Å²) in [7, 11) is 0. The third-order valence-corrected chi connectivity index (χ3v) is 9.63. The molecule has 4 N–H and O–H groups in total. The van der Waals surface area contributed by atoms with E-state index in [2.05, 4.69) is 31.2 Å². The Morgan fingerprint density at radius 1 is 0.894 bits per heavy atom. The van der Waals surface area contributed by atoms with Crippen LogP contribution in [0.25, 0.3) is 20.8 Å². The van der Waals surface area contributed by atoms with E-state index in [1.807, 2.05) is 19.2 Å². The number of hydrogen-bond donors (Lipinski definition) is 4. The fraction of sp³-hybridized carbons (Fsp3) is 0.324. The van der Waals surface area contributed by atoms with E-state index in [1.54, 1.807) is 29.5 Å². The van der Waals surface area contributed by atoms with Gasteiger partial charge >= 0.3 is 6.03 Å². The number of hydrogen-bond acceptors (Lipinski definition) is 8. The van der Waals surface area contributed by atoms with Gasteiger partial charge in [0.05, 0.1) is 21.7 Å². The van der Waals surface area contributed by atoms with Crippen molar-refractivity contribution in [3.05, 3.63) is 94.7 Å². The van der Waals surface area contributed by atoms with E-state index < -0.39 is 11.6 Å². The summed E-state index contributed by atoms with van der Waals surface area (Å²) in [5.41, 5.74) is 3.62. The molecule has 2 aliphatic rings. The molecule has 2 aromatic carbocycles. The van der Waals surface area contributed by atoms with Crippen LogP contribution in [0.1, 0.15) is 60.5 Å². The lowest BCUT2D eigenvalue weighted by atomic mass is 10.2. The number of fused-ring (bicyclic) bond motifs is 1. The Morgan fingerprint density at radius 2 is 1.66 bits per heavy atom. The Hall–Kier alpha value is -4.78. The molecule has 2 fully saturated rings. The molecule has 7 rings (SSSR count). The molecule has 9 nitrogen and oxygen atoms in total. The molecule has 0 radical (unpaired) electrons. The van der Waals surface area contributed by atoms with E-state index >= 15 is 0 Å². The average molecular weight is 659 g/mol. The van der Waals surface area contributed by atoms with Gasteiger partial charge in [-0.3, -0.25) is 4.98 Å². The van der Waals surface area contributed by atoms with Crippen LogP contribution < -0.4 is 21.3 Å². The van der Waals surface area contributed by atoms with Crippen LogP contribution in [0.2, 0.25) is 0 Å². The van der Waals surface area contributed by atoms with Crippen LogP contribution in [0, 0.1) is 24.4 Å². The van der Waals surface area contributed by atoms with Gasteiger partial charge in [-0.15, -0.1) is 11.3 Å². The van der Waals surface area contributed by atoms with Gasteiger partial charge in [0.15, 0.2) is 0 Å². The summed E-state index contributed by atoms with van der Waals surface area (Å²) in [5.74, 6) is -0.472. The molecule has 3 heterocycles.